The van der Waals surface area contributed by atoms with E-state index in [2.05, 4.69) is 15.4 Å². The molecule has 10 heteroatoms. The average Bonchev–Trinajstić information content (AvgIpc) is 3.27. The predicted octanol–water partition coefficient (Wildman–Crippen LogP) is 0.532. The van der Waals surface area contributed by atoms with Crippen molar-refractivity contribution in [2.45, 2.75) is 13.5 Å². The van der Waals surface area contributed by atoms with Gasteiger partial charge in [0.2, 0.25) is 5.91 Å². The molecule has 0 spiro atoms. The van der Waals surface area contributed by atoms with Gasteiger partial charge in [-0.15, -0.1) is 0 Å². The Labute approximate surface area is 162 Å². The Bertz CT molecular complexity index is 900. The van der Waals surface area contributed by atoms with E-state index in [4.69, 9.17) is 9.15 Å². The van der Waals surface area contributed by atoms with Gasteiger partial charge < -0.3 is 24.3 Å². The van der Waals surface area contributed by atoms with Gasteiger partial charge in [-0.25, -0.2) is 4.79 Å². The van der Waals surface area contributed by atoms with Gasteiger partial charge in [-0.1, -0.05) is 0 Å². The second kappa shape index (κ2) is 8.15. The van der Waals surface area contributed by atoms with Crippen LogP contribution in [0, 0.1) is 6.92 Å². The summed E-state index contributed by atoms with van der Waals surface area (Å²) >= 11 is 0. The molecule has 10 nitrogen and oxygen atoms in total. The molecule has 28 heavy (non-hydrogen) atoms. The maximum Gasteiger partial charge on any atom is 0.341 e. The number of esters is 1. The van der Waals surface area contributed by atoms with Crippen LogP contribution in [0.2, 0.25) is 0 Å². The first kappa shape index (κ1) is 19.5. The van der Waals surface area contributed by atoms with Crippen LogP contribution in [-0.4, -0.2) is 66.3 Å². The van der Waals surface area contributed by atoms with Crippen LogP contribution in [0.25, 0.3) is 0 Å². The van der Waals surface area contributed by atoms with Gasteiger partial charge in [0.05, 0.1) is 25.5 Å². The number of carbonyl (C=O) groups is 2. The van der Waals surface area contributed by atoms with Crippen LogP contribution in [0.15, 0.2) is 27.9 Å². The molecule has 0 unspecified atom stereocenters. The summed E-state index contributed by atoms with van der Waals surface area (Å²) in [5.41, 5.74) is 1.19. The van der Waals surface area contributed by atoms with Crippen LogP contribution in [-0.2, 0) is 23.1 Å². The SMILES string of the molecule is CN=C(NCc1cc(C(=O)OC)c(C)o1)N1CCN(c2cnn(C)c2)C(=O)C1. The van der Waals surface area contributed by atoms with Gasteiger partial charge in [0, 0.05) is 33.4 Å². The molecule has 1 saturated heterocycles. The highest BCUT2D eigenvalue weighted by Gasteiger charge is 2.27. The van der Waals surface area contributed by atoms with Crippen molar-refractivity contribution in [3.05, 3.63) is 35.5 Å². The van der Waals surface area contributed by atoms with Crippen molar-refractivity contribution in [3.8, 4) is 0 Å². The van der Waals surface area contributed by atoms with Crippen molar-refractivity contribution in [3.63, 3.8) is 0 Å². The zero-order valence-electron chi connectivity index (χ0n) is 16.4. The number of rotatable bonds is 4. The van der Waals surface area contributed by atoms with Crippen molar-refractivity contribution in [1.29, 1.82) is 0 Å². The lowest BCUT2D eigenvalue weighted by Crippen LogP contribution is -2.55. The van der Waals surface area contributed by atoms with Gasteiger partial charge in [-0.3, -0.25) is 14.5 Å². The third-order valence-electron chi connectivity index (χ3n) is 4.53. The first-order chi connectivity index (χ1) is 13.4. The van der Waals surface area contributed by atoms with Crippen LogP contribution >= 0.6 is 0 Å². The van der Waals surface area contributed by atoms with E-state index < -0.39 is 5.97 Å². The first-order valence-electron chi connectivity index (χ1n) is 8.85. The lowest BCUT2D eigenvalue weighted by molar-refractivity contribution is -0.120. The molecule has 1 amide bonds. The minimum atomic E-state index is -0.436. The van der Waals surface area contributed by atoms with E-state index >= 15 is 0 Å². The molecule has 1 aliphatic heterocycles. The zero-order valence-corrected chi connectivity index (χ0v) is 16.4. The number of anilines is 1. The Kier molecular flexibility index (Phi) is 5.67. The summed E-state index contributed by atoms with van der Waals surface area (Å²) in [6, 6.07) is 1.65. The van der Waals surface area contributed by atoms with Crippen molar-refractivity contribution in [2.75, 3.05) is 38.7 Å². The highest BCUT2D eigenvalue weighted by molar-refractivity contribution is 5.98. The van der Waals surface area contributed by atoms with Gasteiger partial charge >= 0.3 is 5.97 Å². The van der Waals surface area contributed by atoms with E-state index in [-0.39, 0.29) is 12.5 Å². The van der Waals surface area contributed by atoms with Gasteiger partial charge in [0.1, 0.15) is 23.6 Å². The summed E-state index contributed by atoms with van der Waals surface area (Å²) in [7, 11) is 4.81. The Hall–Kier alpha value is -3.30. The lowest BCUT2D eigenvalue weighted by Gasteiger charge is -2.35. The highest BCUT2D eigenvalue weighted by Crippen LogP contribution is 2.17. The third-order valence-corrected chi connectivity index (χ3v) is 4.53. The van der Waals surface area contributed by atoms with Crippen LogP contribution in [0.5, 0.6) is 0 Å². The standard InChI is InChI=1S/C18H24N6O4/c1-12-15(17(26)27-4)7-14(28-12)9-20-18(19-2)23-5-6-24(16(25)11-23)13-8-21-22(3)10-13/h7-8,10H,5-6,9,11H2,1-4H3,(H,19,20). The van der Waals surface area contributed by atoms with Crippen molar-refractivity contribution in [2.24, 2.45) is 12.0 Å². The lowest BCUT2D eigenvalue weighted by atomic mass is 10.2. The van der Waals surface area contributed by atoms with E-state index in [1.165, 1.54) is 7.11 Å². The normalized spacial score (nSPS) is 15.1. The van der Waals surface area contributed by atoms with Crippen molar-refractivity contribution >= 4 is 23.5 Å². The number of methoxy groups -OCH3 is 1. The van der Waals surface area contributed by atoms with E-state index in [0.717, 1.165) is 5.69 Å². The molecule has 2 aromatic rings. The second-order valence-electron chi connectivity index (χ2n) is 6.41. The Morgan fingerprint density at radius 3 is 2.82 bits per heavy atom. The Morgan fingerprint density at radius 2 is 2.21 bits per heavy atom. The molecule has 150 valence electrons. The number of nitrogens with zero attached hydrogens (tertiary/aromatic N) is 5. The molecule has 1 fully saturated rings. The Morgan fingerprint density at radius 1 is 1.43 bits per heavy atom. The minimum absolute atomic E-state index is 0.0241. The van der Waals surface area contributed by atoms with Gasteiger partial charge in [0.15, 0.2) is 5.96 Å². The van der Waals surface area contributed by atoms with Crippen LogP contribution in [0.4, 0.5) is 5.69 Å². The predicted molar refractivity (Wildman–Crippen MR) is 102 cm³/mol. The minimum Gasteiger partial charge on any atom is -0.465 e. The summed E-state index contributed by atoms with van der Waals surface area (Å²) < 4.78 is 12.0. The number of furan rings is 1. The number of ether oxygens (including phenoxy) is 1. The smallest absolute Gasteiger partial charge is 0.341 e. The molecule has 0 aromatic carbocycles. The number of piperazine rings is 1. The van der Waals surface area contributed by atoms with Gasteiger partial charge in [0.25, 0.3) is 0 Å². The van der Waals surface area contributed by atoms with Gasteiger partial charge in [-0.05, 0) is 13.0 Å². The third kappa shape index (κ3) is 4.00. The van der Waals surface area contributed by atoms with Gasteiger partial charge in [-0.2, -0.15) is 5.10 Å². The van der Waals surface area contributed by atoms with E-state index in [1.54, 1.807) is 35.8 Å². The Balaban J connectivity index is 1.61. The number of aryl methyl sites for hydroxylation is 2. The number of carbonyl (C=O) groups excluding carboxylic acids is 2. The summed E-state index contributed by atoms with van der Waals surface area (Å²) in [6.45, 7) is 3.42. The molecule has 3 rings (SSSR count). The number of hydrogen-bond acceptors (Lipinski definition) is 6. The number of guanidine groups is 1. The zero-order chi connectivity index (χ0) is 20.3. The molecule has 0 aliphatic carbocycles. The molecule has 0 saturated carbocycles. The molecular formula is C18H24N6O4. The summed E-state index contributed by atoms with van der Waals surface area (Å²) in [4.78, 5) is 32.1. The summed E-state index contributed by atoms with van der Waals surface area (Å²) in [5.74, 6) is 1.21. The average molecular weight is 388 g/mol. The number of aromatic nitrogens is 2. The van der Waals surface area contributed by atoms with E-state index in [1.807, 2.05) is 18.1 Å². The molecule has 0 radical (unpaired) electrons. The molecule has 1 aliphatic rings. The maximum atomic E-state index is 12.6. The fourth-order valence-electron chi connectivity index (χ4n) is 3.12. The molecule has 0 bridgehead atoms. The van der Waals surface area contributed by atoms with E-state index in [0.29, 0.717) is 42.7 Å². The largest absolute Gasteiger partial charge is 0.465 e. The second-order valence-corrected chi connectivity index (χ2v) is 6.41. The van der Waals surface area contributed by atoms with Crippen LogP contribution < -0.4 is 10.2 Å². The van der Waals surface area contributed by atoms with Crippen molar-refractivity contribution in [1.82, 2.24) is 20.0 Å². The monoisotopic (exact) mass is 388 g/mol. The van der Waals surface area contributed by atoms with Crippen LogP contribution in [0.3, 0.4) is 0 Å². The fourth-order valence-corrected chi connectivity index (χ4v) is 3.12. The molecular weight excluding hydrogens is 364 g/mol. The van der Waals surface area contributed by atoms with E-state index in [9.17, 15) is 9.59 Å². The van der Waals surface area contributed by atoms with Crippen molar-refractivity contribution < 1.29 is 18.7 Å². The topological polar surface area (TPSA) is 105 Å². The molecule has 3 heterocycles. The maximum absolute atomic E-state index is 12.6. The van der Waals surface area contributed by atoms with Crippen LogP contribution in [0.1, 0.15) is 21.9 Å². The highest BCUT2D eigenvalue weighted by atomic mass is 16.5. The number of aliphatic imine (C=N–C) groups is 1. The fraction of sp³-hybridized carbons (Fsp3) is 0.444. The number of nitrogens with one attached hydrogen (secondary N) is 1. The number of hydrogen-bond donors (Lipinski definition) is 1. The molecule has 0 atom stereocenters. The summed E-state index contributed by atoms with van der Waals surface area (Å²) in [6.07, 6.45) is 3.50. The quantitative estimate of drug-likeness (QED) is 0.463. The first-order valence-corrected chi connectivity index (χ1v) is 8.85. The number of amides is 1. The molecule has 1 N–H and O–H groups in total. The summed E-state index contributed by atoms with van der Waals surface area (Å²) in [5, 5.41) is 7.29. The molecule has 2 aromatic heterocycles.